The molecule has 0 radical (unpaired) electrons. The summed E-state index contributed by atoms with van der Waals surface area (Å²) >= 11 is 0. The fraction of sp³-hybridized carbons (Fsp3) is 0.933. The van der Waals surface area contributed by atoms with Gasteiger partial charge >= 0.3 is 5.97 Å². The standard InChI is InChI=1S/C15H30O7/c1-3-5-6-7-8-9-11(10-12(16)17)22-15(21-4-2)13(18)14(19)20/h11,13-15,18-20H,3-10H2,1-2H3,(H,16,17). The lowest BCUT2D eigenvalue weighted by atomic mass is 10.1. The summed E-state index contributed by atoms with van der Waals surface area (Å²) in [5.41, 5.74) is 0. The Hall–Kier alpha value is -0.730. The maximum Gasteiger partial charge on any atom is 0.305 e. The second kappa shape index (κ2) is 12.8. The van der Waals surface area contributed by atoms with Gasteiger partial charge in [0.25, 0.3) is 0 Å². The van der Waals surface area contributed by atoms with Crippen LogP contribution in [0.1, 0.15) is 58.8 Å². The van der Waals surface area contributed by atoms with E-state index in [2.05, 4.69) is 6.92 Å². The number of hydrogen-bond acceptors (Lipinski definition) is 6. The Balaban J connectivity index is 4.47. The Bertz CT molecular complexity index is 283. The number of unbranched alkanes of at least 4 members (excludes halogenated alkanes) is 4. The van der Waals surface area contributed by atoms with Crippen molar-refractivity contribution in [3.63, 3.8) is 0 Å². The number of aliphatic hydroxyl groups is 3. The molecule has 0 aliphatic carbocycles. The molecule has 0 aliphatic heterocycles. The summed E-state index contributed by atoms with van der Waals surface area (Å²) in [5.74, 6) is -1.01. The van der Waals surface area contributed by atoms with Crippen molar-refractivity contribution < 1.29 is 34.7 Å². The first kappa shape index (κ1) is 21.3. The number of carboxylic acids is 1. The van der Waals surface area contributed by atoms with Gasteiger partial charge in [-0.15, -0.1) is 0 Å². The minimum Gasteiger partial charge on any atom is -0.481 e. The van der Waals surface area contributed by atoms with Gasteiger partial charge in [-0.1, -0.05) is 39.0 Å². The summed E-state index contributed by atoms with van der Waals surface area (Å²) in [6.45, 7) is 3.99. The van der Waals surface area contributed by atoms with Gasteiger partial charge in [0, 0.05) is 6.61 Å². The third kappa shape index (κ3) is 10.1. The Morgan fingerprint density at radius 1 is 1.05 bits per heavy atom. The van der Waals surface area contributed by atoms with Crippen molar-refractivity contribution in [1.29, 1.82) is 0 Å². The Labute approximate surface area is 131 Å². The lowest BCUT2D eigenvalue weighted by Gasteiger charge is -2.28. The molecule has 0 saturated heterocycles. The van der Waals surface area contributed by atoms with Crippen LogP contribution in [0.15, 0.2) is 0 Å². The molecule has 0 aromatic rings. The molecular formula is C15H30O7. The number of ether oxygens (including phenoxy) is 2. The molecule has 132 valence electrons. The second-order valence-electron chi connectivity index (χ2n) is 5.29. The molecule has 3 atom stereocenters. The van der Waals surface area contributed by atoms with Crippen LogP contribution in [0.25, 0.3) is 0 Å². The number of hydrogen-bond donors (Lipinski definition) is 4. The van der Waals surface area contributed by atoms with Gasteiger partial charge in [-0.05, 0) is 13.3 Å². The number of carbonyl (C=O) groups is 1. The average molecular weight is 322 g/mol. The van der Waals surface area contributed by atoms with Crippen molar-refractivity contribution in [2.75, 3.05) is 6.61 Å². The van der Waals surface area contributed by atoms with E-state index in [1.54, 1.807) is 6.92 Å². The van der Waals surface area contributed by atoms with Gasteiger partial charge in [-0.2, -0.15) is 0 Å². The van der Waals surface area contributed by atoms with E-state index in [0.717, 1.165) is 32.1 Å². The van der Waals surface area contributed by atoms with Crippen LogP contribution < -0.4 is 0 Å². The van der Waals surface area contributed by atoms with Crippen molar-refractivity contribution in [3.05, 3.63) is 0 Å². The molecule has 7 nitrogen and oxygen atoms in total. The topological polar surface area (TPSA) is 116 Å². The second-order valence-corrected chi connectivity index (χ2v) is 5.29. The van der Waals surface area contributed by atoms with Crippen molar-refractivity contribution in [2.45, 2.75) is 83.6 Å². The molecule has 0 spiro atoms. The van der Waals surface area contributed by atoms with E-state index in [1.165, 1.54) is 0 Å². The van der Waals surface area contributed by atoms with Gasteiger partial charge in [0.15, 0.2) is 18.7 Å². The van der Waals surface area contributed by atoms with Crippen molar-refractivity contribution in [2.24, 2.45) is 0 Å². The zero-order valence-corrected chi connectivity index (χ0v) is 13.5. The molecule has 4 N–H and O–H groups in total. The van der Waals surface area contributed by atoms with Gasteiger partial charge in [-0.3, -0.25) is 4.79 Å². The predicted molar refractivity (Wildman–Crippen MR) is 80.1 cm³/mol. The lowest BCUT2D eigenvalue weighted by molar-refractivity contribution is -0.261. The molecule has 0 aromatic carbocycles. The maximum atomic E-state index is 10.9. The molecule has 0 amide bonds. The van der Waals surface area contributed by atoms with Crippen LogP contribution in [0.2, 0.25) is 0 Å². The summed E-state index contributed by atoms with van der Waals surface area (Å²) in [5, 5.41) is 36.6. The molecule has 0 aliphatic rings. The van der Waals surface area contributed by atoms with Crippen LogP contribution in [0.5, 0.6) is 0 Å². The van der Waals surface area contributed by atoms with Crippen LogP contribution in [0, 0.1) is 0 Å². The summed E-state index contributed by atoms with van der Waals surface area (Å²) in [7, 11) is 0. The van der Waals surface area contributed by atoms with Crippen LogP contribution in [0.3, 0.4) is 0 Å². The normalized spacial score (nSPS) is 15.7. The Morgan fingerprint density at radius 2 is 1.68 bits per heavy atom. The highest BCUT2D eigenvalue weighted by Crippen LogP contribution is 2.17. The van der Waals surface area contributed by atoms with Crippen molar-refractivity contribution >= 4 is 5.97 Å². The highest BCUT2D eigenvalue weighted by molar-refractivity contribution is 5.67. The summed E-state index contributed by atoms with van der Waals surface area (Å²) < 4.78 is 10.6. The number of carboxylic acid groups (broad SMARTS) is 1. The van der Waals surface area contributed by atoms with Crippen LogP contribution in [-0.2, 0) is 14.3 Å². The van der Waals surface area contributed by atoms with E-state index < -0.39 is 30.8 Å². The van der Waals surface area contributed by atoms with Gasteiger partial charge < -0.3 is 29.9 Å². The van der Waals surface area contributed by atoms with Gasteiger partial charge in [0.1, 0.15) is 0 Å². The summed E-state index contributed by atoms with van der Waals surface area (Å²) in [6, 6.07) is 0. The first-order valence-corrected chi connectivity index (χ1v) is 7.95. The minimum atomic E-state index is -2.01. The Morgan fingerprint density at radius 3 is 2.18 bits per heavy atom. The average Bonchev–Trinajstić information content (AvgIpc) is 2.44. The molecular weight excluding hydrogens is 292 g/mol. The molecule has 0 bridgehead atoms. The highest BCUT2D eigenvalue weighted by Gasteiger charge is 2.29. The highest BCUT2D eigenvalue weighted by atomic mass is 16.7. The molecule has 7 heteroatoms. The van der Waals surface area contributed by atoms with Crippen LogP contribution in [-0.4, -0.2) is 57.8 Å². The first-order chi connectivity index (χ1) is 10.4. The number of rotatable bonds is 14. The van der Waals surface area contributed by atoms with Crippen LogP contribution >= 0.6 is 0 Å². The molecule has 22 heavy (non-hydrogen) atoms. The molecule has 0 aromatic heterocycles. The fourth-order valence-electron chi connectivity index (χ4n) is 2.10. The van der Waals surface area contributed by atoms with Gasteiger partial charge in [-0.25, -0.2) is 0 Å². The number of aliphatic carboxylic acids is 1. The predicted octanol–water partition coefficient (Wildman–Crippen LogP) is 1.24. The van der Waals surface area contributed by atoms with E-state index in [0.29, 0.717) is 6.42 Å². The van der Waals surface area contributed by atoms with E-state index in [-0.39, 0.29) is 13.0 Å². The van der Waals surface area contributed by atoms with Gasteiger partial charge in [0.05, 0.1) is 12.5 Å². The van der Waals surface area contributed by atoms with Crippen LogP contribution in [0.4, 0.5) is 0 Å². The summed E-state index contributed by atoms with van der Waals surface area (Å²) in [6.07, 6.45) is -0.0877. The monoisotopic (exact) mass is 322 g/mol. The Kier molecular flexibility index (Phi) is 12.4. The zero-order chi connectivity index (χ0) is 17.0. The first-order valence-electron chi connectivity index (χ1n) is 7.95. The summed E-state index contributed by atoms with van der Waals surface area (Å²) in [4.78, 5) is 10.9. The fourth-order valence-corrected chi connectivity index (χ4v) is 2.10. The third-order valence-electron chi connectivity index (χ3n) is 3.27. The molecule has 3 unspecified atom stereocenters. The molecule has 0 heterocycles. The quantitative estimate of drug-likeness (QED) is 0.281. The van der Waals surface area contributed by atoms with Crippen molar-refractivity contribution in [1.82, 2.24) is 0 Å². The lowest BCUT2D eigenvalue weighted by Crippen LogP contribution is -2.43. The largest absolute Gasteiger partial charge is 0.481 e. The van der Waals surface area contributed by atoms with E-state index >= 15 is 0 Å². The zero-order valence-electron chi connectivity index (χ0n) is 13.5. The van der Waals surface area contributed by atoms with E-state index in [9.17, 15) is 9.90 Å². The maximum absolute atomic E-state index is 10.9. The van der Waals surface area contributed by atoms with Gasteiger partial charge in [0.2, 0.25) is 0 Å². The molecule has 0 saturated carbocycles. The number of aliphatic hydroxyl groups excluding tert-OH is 2. The van der Waals surface area contributed by atoms with E-state index in [4.69, 9.17) is 24.8 Å². The van der Waals surface area contributed by atoms with E-state index in [1.807, 2.05) is 0 Å². The molecule has 0 fully saturated rings. The minimum absolute atomic E-state index is 0.199. The third-order valence-corrected chi connectivity index (χ3v) is 3.27. The smallest absolute Gasteiger partial charge is 0.305 e. The van der Waals surface area contributed by atoms with Crippen molar-refractivity contribution in [3.8, 4) is 0 Å². The SMILES string of the molecule is CCCCCCCC(CC(=O)O)OC(OCC)C(O)C(O)O. The molecule has 0 rings (SSSR count).